The normalized spacial score (nSPS) is 12.7. The molecule has 9 heteroatoms. The summed E-state index contributed by atoms with van der Waals surface area (Å²) in [4.78, 5) is 39.0. The van der Waals surface area contributed by atoms with E-state index in [0.29, 0.717) is 31.3 Å². The van der Waals surface area contributed by atoms with Gasteiger partial charge in [-0.25, -0.2) is 4.79 Å². The monoisotopic (exact) mass is 487 g/mol. The topological polar surface area (TPSA) is 87.7 Å². The molecule has 32 heavy (non-hydrogen) atoms. The van der Waals surface area contributed by atoms with E-state index in [4.69, 9.17) is 27.9 Å². The number of benzene rings is 1. The molecule has 0 heterocycles. The van der Waals surface area contributed by atoms with Crippen molar-refractivity contribution < 1.29 is 19.1 Å². The number of carbonyl (C=O) groups excluding carboxylic acids is 3. The van der Waals surface area contributed by atoms with E-state index in [-0.39, 0.29) is 24.9 Å². The van der Waals surface area contributed by atoms with Crippen molar-refractivity contribution in [3.63, 3.8) is 0 Å². The summed E-state index contributed by atoms with van der Waals surface area (Å²) < 4.78 is 5.17. The van der Waals surface area contributed by atoms with E-state index < -0.39 is 24.0 Å². The number of rotatable bonds is 14. The van der Waals surface area contributed by atoms with Gasteiger partial charge >= 0.3 is 5.97 Å². The summed E-state index contributed by atoms with van der Waals surface area (Å²) in [6, 6.07) is 6.12. The van der Waals surface area contributed by atoms with Gasteiger partial charge in [0, 0.05) is 43.9 Å². The van der Waals surface area contributed by atoms with Crippen LogP contribution in [0.1, 0.15) is 39.7 Å². The van der Waals surface area contributed by atoms with Crippen LogP contribution in [0.25, 0.3) is 0 Å². The third-order valence-electron chi connectivity index (χ3n) is 4.74. The zero-order valence-electron chi connectivity index (χ0n) is 19.3. The zero-order chi connectivity index (χ0) is 24.1. The summed E-state index contributed by atoms with van der Waals surface area (Å²) in [5.41, 5.74) is 1.85. The number of alkyl halides is 2. The van der Waals surface area contributed by atoms with Crippen LogP contribution in [0.4, 0.5) is 5.69 Å². The SMILES string of the molecule is CCOC(=O)[C@@H](Cc1ccc(N(CCCl)CCCl)cc1)NC(=O)[C@@H](CC(C)C)NC(C)=O. The van der Waals surface area contributed by atoms with Crippen LogP contribution < -0.4 is 15.5 Å². The largest absolute Gasteiger partial charge is 0.464 e. The van der Waals surface area contributed by atoms with Crippen molar-refractivity contribution in [2.75, 3.05) is 36.4 Å². The van der Waals surface area contributed by atoms with Gasteiger partial charge in [-0.15, -0.1) is 23.2 Å². The number of hydrogen-bond donors (Lipinski definition) is 2. The summed E-state index contributed by atoms with van der Waals surface area (Å²) in [5.74, 6) is -0.0494. The van der Waals surface area contributed by atoms with Crippen LogP contribution in [-0.4, -0.2) is 61.3 Å². The number of amides is 2. The summed E-state index contributed by atoms with van der Waals surface area (Å²) in [5, 5.41) is 5.43. The summed E-state index contributed by atoms with van der Waals surface area (Å²) in [6.07, 6.45) is 0.733. The van der Waals surface area contributed by atoms with E-state index in [0.717, 1.165) is 11.3 Å². The predicted octanol–water partition coefficient (Wildman–Crippen LogP) is 3.11. The van der Waals surface area contributed by atoms with Crippen LogP contribution in [-0.2, 0) is 25.5 Å². The number of anilines is 1. The lowest BCUT2D eigenvalue weighted by Crippen LogP contribution is -2.52. The van der Waals surface area contributed by atoms with Crippen molar-refractivity contribution >= 4 is 46.7 Å². The van der Waals surface area contributed by atoms with Crippen molar-refractivity contribution in [2.24, 2.45) is 5.92 Å². The van der Waals surface area contributed by atoms with Gasteiger partial charge in [-0.2, -0.15) is 0 Å². The molecular weight excluding hydrogens is 453 g/mol. The highest BCUT2D eigenvalue weighted by Crippen LogP contribution is 2.17. The molecule has 2 amide bonds. The Morgan fingerprint density at radius 3 is 2.06 bits per heavy atom. The van der Waals surface area contributed by atoms with Crippen molar-refractivity contribution in [1.29, 1.82) is 0 Å². The van der Waals surface area contributed by atoms with Gasteiger partial charge in [-0.05, 0) is 37.0 Å². The van der Waals surface area contributed by atoms with Crippen molar-refractivity contribution in [2.45, 2.75) is 52.6 Å². The highest BCUT2D eigenvalue weighted by atomic mass is 35.5. The zero-order valence-corrected chi connectivity index (χ0v) is 20.8. The van der Waals surface area contributed by atoms with Gasteiger partial charge in [0.25, 0.3) is 0 Å². The lowest BCUT2D eigenvalue weighted by Gasteiger charge is -2.24. The lowest BCUT2D eigenvalue weighted by molar-refractivity contribution is -0.147. The number of ether oxygens (including phenoxy) is 1. The van der Waals surface area contributed by atoms with Crippen molar-refractivity contribution in [3.05, 3.63) is 29.8 Å². The van der Waals surface area contributed by atoms with Crippen molar-refractivity contribution in [1.82, 2.24) is 10.6 Å². The fraction of sp³-hybridized carbons (Fsp3) is 0.609. The number of hydrogen-bond acceptors (Lipinski definition) is 5. The molecule has 7 nitrogen and oxygen atoms in total. The first kappa shape index (κ1) is 28.0. The highest BCUT2D eigenvalue weighted by molar-refractivity contribution is 6.18. The second-order valence-corrected chi connectivity index (χ2v) is 8.69. The molecule has 0 aliphatic heterocycles. The van der Waals surface area contributed by atoms with Gasteiger partial charge in [0.1, 0.15) is 12.1 Å². The molecule has 0 aromatic heterocycles. The number of nitrogens with zero attached hydrogens (tertiary/aromatic N) is 1. The van der Waals surface area contributed by atoms with E-state index in [9.17, 15) is 14.4 Å². The van der Waals surface area contributed by atoms with Crippen LogP contribution >= 0.6 is 23.2 Å². The van der Waals surface area contributed by atoms with Crippen LogP contribution in [0, 0.1) is 5.92 Å². The lowest BCUT2D eigenvalue weighted by atomic mass is 10.0. The Bertz CT molecular complexity index is 722. The Morgan fingerprint density at radius 2 is 1.59 bits per heavy atom. The van der Waals surface area contributed by atoms with E-state index >= 15 is 0 Å². The highest BCUT2D eigenvalue weighted by Gasteiger charge is 2.27. The molecule has 2 atom stereocenters. The Morgan fingerprint density at radius 1 is 1.00 bits per heavy atom. The molecule has 2 N–H and O–H groups in total. The minimum atomic E-state index is -0.862. The Balaban J connectivity index is 2.98. The standard InChI is InChI=1S/C23H35Cl2N3O4/c1-5-32-23(31)21(27-22(30)20(14-16(2)3)26-17(4)29)15-18-6-8-19(9-7-18)28(12-10-24)13-11-25/h6-9,16,20-21H,5,10-15H2,1-4H3,(H,26,29)(H,27,30)/t20-,21-/m1/s1. The number of esters is 1. The predicted molar refractivity (Wildman–Crippen MR) is 129 cm³/mol. The number of nitrogens with one attached hydrogen (secondary N) is 2. The average molecular weight is 488 g/mol. The Kier molecular flexibility index (Phi) is 13.1. The maximum atomic E-state index is 12.8. The van der Waals surface area contributed by atoms with Crippen LogP contribution in [0.5, 0.6) is 0 Å². The minimum absolute atomic E-state index is 0.190. The van der Waals surface area contributed by atoms with E-state index in [1.807, 2.05) is 38.1 Å². The summed E-state index contributed by atoms with van der Waals surface area (Å²) in [6.45, 7) is 8.56. The first-order valence-corrected chi connectivity index (χ1v) is 12.0. The molecular formula is C23H35Cl2N3O4. The molecule has 0 unspecified atom stereocenters. The molecule has 0 saturated carbocycles. The summed E-state index contributed by atoms with van der Waals surface area (Å²) in [7, 11) is 0. The molecule has 180 valence electrons. The molecule has 0 spiro atoms. The van der Waals surface area contributed by atoms with Crippen molar-refractivity contribution in [3.8, 4) is 0 Å². The third-order valence-corrected chi connectivity index (χ3v) is 5.08. The van der Waals surface area contributed by atoms with Gasteiger partial charge in [0.05, 0.1) is 6.61 Å². The van der Waals surface area contributed by atoms with Crippen LogP contribution in [0.15, 0.2) is 24.3 Å². The molecule has 0 fully saturated rings. The van der Waals surface area contributed by atoms with Gasteiger partial charge in [-0.3, -0.25) is 9.59 Å². The molecule has 1 aromatic rings. The van der Waals surface area contributed by atoms with Crippen LogP contribution in [0.3, 0.4) is 0 Å². The summed E-state index contributed by atoms with van der Waals surface area (Å²) >= 11 is 11.8. The number of halogens is 2. The maximum Gasteiger partial charge on any atom is 0.328 e. The van der Waals surface area contributed by atoms with Crippen LogP contribution in [0.2, 0.25) is 0 Å². The molecule has 1 rings (SSSR count). The fourth-order valence-corrected chi connectivity index (χ4v) is 3.72. The Hall–Kier alpha value is -1.99. The van der Waals surface area contributed by atoms with Gasteiger partial charge in [0.15, 0.2) is 0 Å². The fourth-order valence-electron chi connectivity index (χ4n) is 3.31. The first-order valence-electron chi connectivity index (χ1n) is 10.9. The van der Waals surface area contributed by atoms with Gasteiger partial charge < -0.3 is 20.3 Å². The average Bonchev–Trinajstić information content (AvgIpc) is 2.72. The van der Waals surface area contributed by atoms with E-state index in [1.165, 1.54) is 6.92 Å². The van der Waals surface area contributed by atoms with E-state index in [1.54, 1.807) is 6.92 Å². The molecule has 0 radical (unpaired) electrons. The molecule has 0 aliphatic rings. The molecule has 0 bridgehead atoms. The quantitative estimate of drug-likeness (QED) is 0.311. The van der Waals surface area contributed by atoms with E-state index in [2.05, 4.69) is 15.5 Å². The Labute approximate surface area is 201 Å². The molecule has 0 aliphatic carbocycles. The first-order chi connectivity index (χ1) is 15.2. The third kappa shape index (κ3) is 10.1. The molecule has 0 saturated heterocycles. The maximum absolute atomic E-state index is 12.8. The van der Waals surface area contributed by atoms with Gasteiger partial charge in [-0.1, -0.05) is 26.0 Å². The second kappa shape index (κ2) is 15.0. The molecule has 1 aromatic carbocycles. The number of carbonyl (C=O) groups is 3. The van der Waals surface area contributed by atoms with Gasteiger partial charge in [0.2, 0.25) is 11.8 Å². The minimum Gasteiger partial charge on any atom is -0.464 e. The smallest absolute Gasteiger partial charge is 0.328 e. The second-order valence-electron chi connectivity index (χ2n) is 7.93.